The summed E-state index contributed by atoms with van der Waals surface area (Å²) in [6.45, 7) is 7.43. The zero-order valence-corrected chi connectivity index (χ0v) is 14.4. The van der Waals surface area contributed by atoms with Crippen LogP contribution in [0.4, 0.5) is 0 Å². The molecule has 1 unspecified atom stereocenters. The molecule has 0 spiro atoms. The van der Waals surface area contributed by atoms with E-state index in [1.807, 2.05) is 37.8 Å². The zero-order chi connectivity index (χ0) is 16.6. The van der Waals surface area contributed by atoms with Crippen LogP contribution in [0.2, 0.25) is 0 Å². The fourth-order valence-electron chi connectivity index (χ4n) is 3.63. The minimum atomic E-state index is -0.765. The van der Waals surface area contributed by atoms with Crippen LogP contribution in [0.15, 0.2) is 16.5 Å². The monoisotopic (exact) mass is 320 g/mol. The van der Waals surface area contributed by atoms with Crippen LogP contribution in [0.5, 0.6) is 0 Å². The van der Waals surface area contributed by atoms with E-state index in [1.165, 1.54) is 0 Å². The SMILES string of the molecule is Cc1ccc(CN(C(=O)CN2CCCC2C(C)(C)O)C2CC2)o1. The third-order valence-electron chi connectivity index (χ3n) is 4.95. The first-order valence-corrected chi connectivity index (χ1v) is 8.66. The molecule has 1 aliphatic carbocycles. The molecule has 23 heavy (non-hydrogen) atoms. The van der Waals surface area contributed by atoms with Gasteiger partial charge in [-0.2, -0.15) is 0 Å². The number of nitrogens with zero attached hydrogens (tertiary/aromatic N) is 2. The van der Waals surface area contributed by atoms with E-state index >= 15 is 0 Å². The van der Waals surface area contributed by atoms with Crippen LogP contribution in [-0.2, 0) is 11.3 Å². The lowest BCUT2D eigenvalue weighted by Gasteiger charge is -2.34. The topological polar surface area (TPSA) is 56.9 Å². The smallest absolute Gasteiger partial charge is 0.237 e. The number of amides is 1. The number of hydrogen-bond acceptors (Lipinski definition) is 4. The average Bonchev–Trinajstić information content (AvgIpc) is 3.03. The van der Waals surface area contributed by atoms with Crippen molar-refractivity contribution in [2.24, 2.45) is 0 Å². The van der Waals surface area contributed by atoms with Gasteiger partial charge in [-0.1, -0.05) is 0 Å². The molecule has 5 nitrogen and oxygen atoms in total. The molecule has 1 aliphatic heterocycles. The molecule has 1 saturated heterocycles. The molecule has 2 fully saturated rings. The molecule has 0 bridgehead atoms. The summed E-state index contributed by atoms with van der Waals surface area (Å²) in [5, 5.41) is 10.3. The van der Waals surface area contributed by atoms with Crippen LogP contribution in [0.3, 0.4) is 0 Å². The minimum absolute atomic E-state index is 0.0679. The van der Waals surface area contributed by atoms with Crippen molar-refractivity contribution in [3.05, 3.63) is 23.7 Å². The molecule has 128 valence electrons. The third-order valence-corrected chi connectivity index (χ3v) is 4.95. The maximum absolute atomic E-state index is 12.8. The Balaban J connectivity index is 1.65. The number of aryl methyl sites for hydroxylation is 1. The van der Waals surface area contributed by atoms with Crippen molar-refractivity contribution in [2.75, 3.05) is 13.1 Å². The van der Waals surface area contributed by atoms with E-state index < -0.39 is 5.60 Å². The highest BCUT2D eigenvalue weighted by atomic mass is 16.3. The van der Waals surface area contributed by atoms with Gasteiger partial charge in [-0.05, 0) is 65.1 Å². The Morgan fingerprint density at radius 3 is 2.70 bits per heavy atom. The normalized spacial score (nSPS) is 22.5. The summed E-state index contributed by atoms with van der Waals surface area (Å²) in [7, 11) is 0. The number of rotatable bonds is 6. The van der Waals surface area contributed by atoms with Gasteiger partial charge in [-0.25, -0.2) is 0 Å². The number of hydrogen-bond donors (Lipinski definition) is 1. The molecule has 1 amide bonds. The van der Waals surface area contributed by atoms with Crippen molar-refractivity contribution >= 4 is 5.91 Å². The van der Waals surface area contributed by atoms with Gasteiger partial charge in [0.05, 0.1) is 18.7 Å². The first kappa shape index (κ1) is 16.5. The van der Waals surface area contributed by atoms with Gasteiger partial charge in [0.1, 0.15) is 11.5 Å². The summed E-state index contributed by atoms with van der Waals surface area (Å²) in [6, 6.07) is 4.32. The second-order valence-corrected chi connectivity index (χ2v) is 7.55. The number of likely N-dealkylation sites (tertiary alicyclic amines) is 1. The Kier molecular flexibility index (Phi) is 4.52. The fraction of sp³-hybridized carbons (Fsp3) is 0.722. The third kappa shape index (κ3) is 3.96. The van der Waals surface area contributed by atoms with Crippen molar-refractivity contribution in [2.45, 2.75) is 70.7 Å². The van der Waals surface area contributed by atoms with Gasteiger partial charge in [-0.3, -0.25) is 9.69 Å². The average molecular weight is 320 g/mol. The predicted octanol–water partition coefficient (Wildman–Crippen LogP) is 2.31. The molecule has 1 atom stereocenters. The summed E-state index contributed by atoms with van der Waals surface area (Å²) in [5.74, 6) is 1.88. The molecule has 1 saturated carbocycles. The Labute approximate surface area is 138 Å². The van der Waals surface area contributed by atoms with Gasteiger partial charge in [0.25, 0.3) is 0 Å². The summed E-state index contributed by atoms with van der Waals surface area (Å²) < 4.78 is 5.64. The van der Waals surface area contributed by atoms with Crippen molar-refractivity contribution < 1.29 is 14.3 Å². The highest BCUT2D eigenvalue weighted by molar-refractivity contribution is 5.79. The minimum Gasteiger partial charge on any atom is -0.464 e. The summed E-state index contributed by atoms with van der Waals surface area (Å²) in [6.07, 6.45) is 4.17. The van der Waals surface area contributed by atoms with E-state index in [9.17, 15) is 9.90 Å². The molecule has 3 rings (SSSR count). The largest absolute Gasteiger partial charge is 0.464 e. The molecule has 1 aromatic rings. The molecule has 2 heterocycles. The Morgan fingerprint density at radius 2 is 2.13 bits per heavy atom. The molecule has 0 aromatic carbocycles. The predicted molar refractivity (Wildman–Crippen MR) is 87.9 cm³/mol. The van der Waals surface area contributed by atoms with E-state index in [1.54, 1.807) is 0 Å². The molecule has 5 heteroatoms. The molecular weight excluding hydrogens is 292 g/mol. The van der Waals surface area contributed by atoms with Gasteiger partial charge >= 0.3 is 0 Å². The van der Waals surface area contributed by atoms with Crippen LogP contribution < -0.4 is 0 Å². The van der Waals surface area contributed by atoms with Gasteiger partial charge in [0, 0.05) is 12.1 Å². The lowest BCUT2D eigenvalue weighted by molar-refractivity contribution is -0.135. The molecule has 0 radical (unpaired) electrons. The molecular formula is C18H28N2O3. The van der Waals surface area contributed by atoms with Crippen LogP contribution in [0.1, 0.15) is 51.1 Å². The molecule has 1 aromatic heterocycles. The van der Waals surface area contributed by atoms with E-state index in [2.05, 4.69) is 4.90 Å². The van der Waals surface area contributed by atoms with Gasteiger partial charge in [0.2, 0.25) is 5.91 Å². The summed E-state index contributed by atoms with van der Waals surface area (Å²) >= 11 is 0. The zero-order valence-electron chi connectivity index (χ0n) is 14.4. The van der Waals surface area contributed by atoms with Crippen LogP contribution in [0, 0.1) is 6.92 Å². The lowest BCUT2D eigenvalue weighted by atomic mass is 9.97. The maximum atomic E-state index is 12.8. The molecule has 1 N–H and O–H groups in total. The highest BCUT2D eigenvalue weighted by Gasteiger charge is 2.39. The van der Waals surface area contributed by atoms with Crippen molar-refractivity contribution in [1.82, 2.24) is 9.80 Å². The van der Waals surface area contributed by atoms with Gasteiger partial charge < -0.3 is 14.4 Å². The quantitative estimate of drug-likeness (QED) is 0.874. The standard InChI is InChI=1S/C18H28N2O3/c1-13-6-9-15(23-13)11-20(14-7-8-14)17(21)12-19-10-4-5-16(19)18(2,3)22/h6,9,14,16,22H,4-5,7-8,10-12H2,1-3H3. The number of aliphatic hydroxyl groups is 1. The Bertz CT molecular complexity index is 557. The van der Waals surface area contributed by atoms with Gasteiger partial charge in [0.15, 0.2) is 0 Å². The van der Waals surface area contributed by atoms with E-state index in [0.29, 0.717) is 19.1 Å². The van der Waals surface area contributed by atoms with Gasteiger partial charge in [-0.15, -0.1) is 0 Å². The maximum Gasteiger partial charge on any atom is 0.237 e. The second kappa shape index (κ2) is 6.29. The number of carbonyl (C=O) groups is 1. The second-order valence-electron chi connectivity index (χ2n) is 7.55. The Hall–Kier alpha value is -1.33. The van der Waals surface area contributed by atoms with Crippen LogP contribution in [-0.4, -0.2) is 51.6 Å². The Morgan fingerprint density at radius 1 is 1.39 bits per heavy atom. The van der Waals surface area contributed by atoms with E-state index in [4.69, 9.17) is 4.42 Å². The van der Waals surface area contributed by atoms with Crippen molar-refractivity contribution in [3.63, 3.8) is 0 Å². The summed E-state index contributed by atoms with van der Waals surface area (Å²) in [4.78, 5) is 16.9. The molecule has 2 aliphatic rings. The lowest BCUT2D eigenvalue weighted by Crippen LogP contribution is -2.49. The first-order valence-electron chi connectivity index (χ1n) is 8.66. The fourth-order valence-corrected chi connectivity index (χ4v) is 3.63. The van der Waals surface area contributed by atoms with Crippen LogP contribution >= 0.6 is 0 Å². The van der Waals surface area contributed by atoms with E-state index in [0.717, 1.165) is 43.7 Å². The number of carbonyl (C=O) groups excluding carboxylic acids is 1. The van der Waals surface area contributed by atoms with Crippen LogP contribution in [0.25, 0.3) is 0 Å². The number of furan rings is 1. The van der Waals surface area contributed by atoms with E-state index in [-0.39, 0.29) is 11.9 Å². The first-order chi connectivity index (χ1) is 10.8. The van der Waals surface area contributed by atoms with Crippen molar-refractivity contribution in [1.29, 1.82) is 0 Å². The highest BCUT2D eigenvalue weighted by Crippen LogP contribution is 2.31. The van der Waals surface area contributed by atoms with Crippen molar-refractivity contribution in [3.8, 4) is 0 Å². The summed E-state index contributed by atoms with van der Waals surface area (Å²) in [5.41, 5.74) is -0.765.